The molecule has 0 atom stereocenters. The molecule has 1 aromatic heterocycles. The zero-order chi connectivity index (χ0) is 22.4. The average molecular weight is 447 g/mol. The summed E-state index contributed by atoms with van der Waals surface area (Å²) in [4.78, 5) is 19.0. The SMILES string of the molecule is Cc1ccc(-c2nc(CS(=O)(=O)CC(=O)CCCN(C)C3CCCCC3)c(C)o2)cc1. The standard InChI is InChI=1S/C24H34N2O4S/c1-18-11-13-20(14-12-18)24-25-23(19(2)30-24)17-31(28,29)16-22(27)10-7-15-26(3)21-8-5-4-6-9-21/h11-14,21H,4-10,15-17H2,1-3H3. The maximum atomic E-state index is 12.6. The van der Waals surface area contributed by atoms with Gasteiger partial charge in [-0.1, -0.05) is 37.0 Å². The Morgan fingerprint density at radius 2 is 1.81 bits per heavy atom. The number of oxazole rings is 1. The van der Waals surface area contributed by atoms with Gasteiger partial charge in [0.05, 0.1) is 11.4 Å². The van der Waals surface area contributed by atoms with Gasteiger partial charge in [-0.05, 0) is 58.8 Å². The van der Waals surface area contributed by atoms with Crippen LogP contribution in [0.1, 0.15) is 62.0 Å². The Kier molecular flexibility index (Phi) is 8.06. The molecule has 1 fully saturated rings. The van der Waals surface area contributed by atoms with E-state index >= 15 is 0 Å². The second-order valence-electron chi connectivity index (χ2n) is 8.83. The van der Waals surface area contributed by atoms with Crippen LogP contribution in [0.2, 0.25) is 0 Å². The number of Topliss-reactive ketones (excluding diaryl/α,β-unsaturated/α-hetero) is 1. The number of aryl methyl sites for hydroxylation is 2. The van der Waals surface area contributed by atoms with Crippen molar-refractivity contribution in [3.05, 3.63) is 41.3 Å². The number of carbonyl (C=O) groups excluding carboxylic acids is 1. The minimum Gasteiger partial charge on any atom is -0.441 e. The highest BCUT2D eigenvalue weighted by Gasteiger charge is 2.23. The van der Waals surface area contributed by atoms with Crippen molar-refractivity contribution < 1.29 is 17.6 Å². The third kappa shape index (κ3) is 7.01. The van der Waals surface area contributed by atoms with Crippen molar-refractivity contribution in [3.63, 3.8) is 0 Å². The Morgan fingerprint density at radius 3 is 2.48 bits per heavy atom. The maximum absolute atomic E-state index is 12.6. The molecule has 1 aromatic carbocycles. The number of aromatic nitrogens is 1. The molecule has 170 valence electrons. The van der Waals surface area contributed by atoms with Crippen LogP contribution in [0.5, 0.6) is 0 Å². The van der Waals surface area contributed by atoms with E-state index in [0.29, 0.717) is 36.2 Å². The fourth-order valence-electron chi connectivity index (χ4n) is 4.19. The largest absolute Gasteiger partial charge is 0.441 e. The lowest BCUT2D eigenvalue weighted by atomic mass is 9.94. The number of benzene rings is 1. The number of sulfone groups is 1. The van der Waals surface area contributed by atoms with E-state index in [1.165, 1.54) is 32.1 Å². The van der Waals surface area contributed by atoms with Gasteiger partial charge in [0.15, 0.2) is 9.84 Å². The van der Waals surface area contributed by atoms with Gasteiger partial charge in [0, 0.05) is 18.0 Å². The van der Waals surface area contributed by atoms with E-state index in [9.17, 15) is 13.2 Å². The van der Waals surface area contributed by atoms with Crippen LogP contribution in [0.15, 0.2) is 28.7 Å². The van der Waals surface area contributed by atoms with Gasteiger partial charge < -0.3 is 9.32 Å². The molecule has 1 heterocycles. The maximum Gasteiger partial charge on any atom is 0.226 e. The van der Waals surface area contributed by atoms with Crippen LogP contribution in [0.25, 0.3) is 11.5 Å². The zero-order valence-corrected chi connectivity index (χ0v) is 19.7. The molecule has 1 aliphatic rings. The summed E-state index contributed by atoms with van der Waals surface area (Å²) in [6.45, 7) is 4.53. The lowest BCUT2D eigenvalue weighted by molar-refractivity contribution is -0.116. The summed E-state index contributed by atoms with van der Waals surface area (Å²) in [5.74, 6) is -0.0637. The van der Waals surface area contributed by atoms with Gasteiger partial charge in [0.2, 0.25) is 5.89 Å². The Labute approximate surface area is 186 Å². The third-order valence-electron chi connectivity index (χ3n) is 6.09. The van der Waals surface area contributed by atoms with Gasteiger partial charge in [-0.15, -0.1) is 0 Å². The number of rotatable bonds is 10. The molecule has 2 aromatic rings. The third-order valence-corrected chi connectivity index (χ3v) is 7.57. The number of ketones is 1. The van der Waals surface area contributed by atoms with E-state index in [2.05, 4.69) is 16.9 Å². The number of carbonyl (C=O) groups is 1. The highest BCUT2D eigenvalue weighted by Crippen LogP contribution is 2.24. The molecule has 3 rings (SSSR count). The molecule has 0 N–H and O–H groups in total. The quantitative estimate of drug-likeness (QED) is 0.535. The van der Waals surface area contributed by atoms with E-state index in [1.807, 2.05) is 31.2 Å². The summed E-state index contributed by atoms with van der Waals surface area (Å²) in [6, 6.07) is 8.30. The first-order valence-corrected chi connectivity index (χ1v) is 13.0. The van der Waals surface area contributed by atoms with Gasteiger partial charge in [0.25, 0.3) is 0 Å². The normalized spacial score (nSPS) is 15.5. The van der Waals surface area contributed by atoms with E-state index in [1.54, 1.807) is 6.92 Å². The molecule has 1 saturated carbocycles. The van der Waals surface area contributed by atoms with Crippen LogP contribution in [0, 0.1) is 13.8 Å². The number of nitrogens with zero attached hydrogens (tertiary/aromatic N) is 2. The molecule has 31 heavy (non-hydrogen) atoms. The van der Waals surface area contributed by atoms with E-state index in [0.717, 1.165) is 17.7 Å². The molecule has 0 unspecified atom stereocenters. The Balaban J connectivity index is 1.50. The molecule has 0 aliphatic heterocycles. The fourth-order valence-corrected chi connectivity index (χ4v) is 5.61. The summed E-state index contributed by atoms with van der Waals surface area (Å²) in [7, 11) is -1.48. The number of hydrogen-bond acceptors (Lipinski definition) is 6. The Bertz CT molecular complexity index is 974. The predicted octanol–water partition coefficient (Wildman–Crippen LogP) is 4.49. The lowest BCUT2D eigenvalue weighted by Gasteiger charge is -2.31. The van der Waals surface area contributed by atoms with E-state index < -0.39 is 15.6 Å². The molecule has 0 radical (unpaired) electrons. The summed E-state index contributed by atoms with van der Waals surface area (Å²) < 4.78 is 30.8. The second-order valence-corrected chi connectivity index (χ2v) is 10.9. The van der Waals surface area contributed by atoms with Crippen molar-refractivity contribution in [3.8, 4) is 11.5 Å². The van der Waals surface area contributed by atoms with Crippen molar-refractivity contribution in [1.29, 1.82) is 0 Å². The first kappa shape index (κ1) is 23.7. The molecule has 1 aliphatic carbocycles. The van der Waals surface area contributed by atoms with E-state index in [4.69, 9.17) is 4.42 Å². The summed E-state index contributed by atoms with van der Waals surface area (Å²) >= 11 is 0. The zero-order valence-electron chi connectivity index (χ0n) is 18.9. The van der Waals surface area contributed by atoms with Crippen molar-refractivity contribution in [1.82, 2.24) is 9.88 Å². The summed E-state index contributed by atoms with van der Waals surface area (Å²) in [5, 5.41) is 0. The average Bonchev–Trinajstić information content (AvgIpc) is 3.08. The topological polar surface area (TPSA) is 80.5 Å². The number of hydrogen-bond donors (Lipinski definition) is 0. The minimum absolute atomic E-state index is 0.225. The smallest absolute Gasteiger partial charge is 0.226 e. The van der Waals surface area contributed by atoms with Gasteiger partial charge in [0.1, 0.15) is 17.3 Å². The molecular weight excluding hydrogens is 412 g/mol. The monoisotopic (exact) mass is 446 g/mol. The molecule has 0 saturated heterocycles. The van der Waals surface area contributed by atoms with Crippen LogP contribution in [0.4, 0.5) is 0 Å². The molecule has 7 heteroatoms. The highest BCUT2D eigenvalue weighted by atomic mass is 32.2. The van der Waals surface area contributed by atoms with Gasteiger partial charge in [-0.3, -0.25) is 4.79 Å². The Morgan fingerprint density at radius 1 is 1.13 bits per heavy atom. The molecule has 0 bridgehead atoms. The van der Waals surface area contributed by atoms with Gasteiger partial charge >= 0.3 is 0 Å². The lowest BCUT2D eigenvalue weighted by Crippen LogP contribution is -2.34. The minimum atomic E-state index is -3.59. The second kappa shape index (κ2) is 10.6. The molecule has 0 spiro atoms. The van der Waals surface area contributed by atoms with Crippen LogP contribution >= 0.6 is 0 Å². The van der Waals surface area contributed by atoms with Crippen LogP contribution < -0.4 is 0 Å². The van der Waals surface area contributed by atoms with Gasteiger partial charge in [-0.25, -0.2) is 13.4 Å². The predicted molar refractivity (Wildman–Crippen MR) is 123 cm³/mol. The van der Waals surface area contributed by atoms with Crippen molar-refractivity contribution in [2.75, 3.05) is 19.3 Å². The van der Waals surface area contributed by atoms with Crippen LogP contribution in [-0.4, -0.2) is 49.5 Å². The van der Waals surface area contributed by atoms with Crippen molar-refractivity contribution in [2.45, 2.75) is 70.6 Å². The fraction of sp³-hybridized carbons (Fsp3) is 0.583. The Hall–Kier alpha value is -1.99. The van der Waals surface area contributed by atoms with Crippen LogP contribution in [0.3, 0.4) is 0 Å². The molecular formula is C24H34N2O4S. The van der Waals surface area contributed by atoms with E-state index in [-0.39, 0.29) is 11.5 Å². The first-order chi connectivity index (χ1) is 14.7. The molecule has 0 amide bonds. The van der Waals surface area contributed by atoms with Crippen molar-refractivity contribution >= 4 is 15.6 Å². The van der Waals surface area contributed by atoms with Crippen LogP contribution in [-0.2, 0) is 20.4 Å². The first-order valence-electron chi connectivity index (χ1n) is 11.2. The molecule has 6 nitrogen and oxygen atoms in total. The van der Waals surface area contributed by atoms with Gasteiger partial charge in [-0.2, -0.15) is 0 Å². The highest BCUT2D eigenvalue weighted by molar-refractivity contribution is 7.91. The summed E-state index contributed by atoms with van der Waals surface area (Å²) in [5.41, 5.74) is 2.30. The van der Waals surface area contributed by atoms with Crippen molar-refractivity contribution in [2.24, 2.45) is 0 Å². The summed E-state index contributed by atoms with van der Waals surface area (Å²) in [6.07, 6.45) is 7.31.